The van der Waals surface area contributed by atoms with Crippen LogP contribution < -0.4 is 19.5 Å². The molecule has 0 aliphatic carbocycles. The molecule has 6 nitrogen and oxygen atoms in total. The summed E-state index contributed by atoms with van der Waals surface area (Å²) in [5, 5.41) is 2.96. The van der Waals surface area contributed by atoms with Crippen molar-refractivity contribution in [3.05, 3.63) is 78.4 Å². The quantitative estimate of drug-likeness (QED) is 0.503. The number of hydrogen-bond donors (Lipinski definition) is 1. The molecule has 0 aromatic heterocycles. The number of para-hydroxylation sites is 3. The summed E-state index contributed by atoms with van der Waals surface area (Å²) >= 11 is 0. The van der Waals surface area contributed by atoms with Crippen LogP contribution in [0.3, 0.4) is 0 Å². The lowest BCUT2D eigenvalue weighted by Gasteiger charge is -2.19. The summed E-state index contributed by atoms with van der Waals surface area (Å²) in [7, 11) is 5.24. The van der Waals surface area contributed by atoms with E-state index in [-0.39, 0.29) is 5.91 Å². The van der Waals surface area contributed by atoms with Crippen molar-refractivity contribution in [2.24, 2.45) is 0 Å². The monoisotopic (exact) mass is 420 g/mol. The van der Waals surface area contributed by atoms with Crippen LogP contribution in [0.5, 0.6) is 23.0 Å². The molecule has 6 heteroatoms. The zero-order valence-electron chi connectivity index (χ0n) is 18.1. The van der Waals surface area contributed by atoms with Crippen molar-refractivity contribution < 1.29 is 19.0 Å². The molecule has 0 aliphatic heterocycles. The van der Waals surface area contributed by atoms with Gasteiger partial charge in [-0.15, -0.1) is 0 Å². The van der Waals surface area contributed by atoms with Crippen LogP contribution in [0.2, 0.25) is 0 Å². The van der Waals surface area contributed by atoms with Gasteiger partial charge in [-0.05, 0) is 37.4 Å². The summed E-state index contributed by atoms with van der Waals surface area (Å²) in [6, 6.07) is 22.7. The fraction of sp³-hybridized carbons (Fsp3) is 0.240. The van der Waals surface area contributed by atoms with Crippen LogP contribution in [-0.4, -0.2) is 38.6 Å². The maximum absolute atomic E-state index is 12.5. The fourth-order valence-electron chi connectivity index (χ4n) is 3.13. The predicted octanol–water partition coefficient (Wildman–Crippen LogP) is 4.96. The maximum atomic E-state index is 12.5. The number of carbonyl (C=O) groups excluding carboxylic acids is 1. The summed E-state index contributed by atoms with van der Waals surface area (Å²) in [5.74, 6) is 2.77. The second kappa shape index (κ2) is 11.0. The van der Waals surface area contributed by atoms with Gasteiger partial charge in [0.05, 0.1) is 19.9 Å². The highest BCUT2D eigenvalue weighted by atomic mass is 16.5. The van der Waals surface area contributed by atoms with E-state index in [1.54, 1.807) is 14.2 Å². The predicted molar refractivity (Wildman–Crippen MR) is 122 cm³/mol. The number of anilines is 1. The Morgan fingerprint density at radius 3 is 2.35 bits per heavy atom. The molecule has 0 atom stereocenters. The van der Waals surface area contributed by atoms with E-state index >= 15 is 0 Å². The third-order valence-electron chi connectivity index (χ3n) is 4.79. The third kappa shape index (κ3) is 6.49. The first-order valence-corrected chi connectivity index (χ1v) is 10.1. The Hall–Kier alpha value is -3.51. The number of benzene rings is 3. The van der Waals surface area contributed by atoms with Gasteiger partial charge in [0.2, 0.25) is 5.91 Å². The second-order valence-electron chi connectivity index (χ2n) is 7.13. The van der Waals surface area contributed by atoms with Crippen LogP contribution in [0.1, 0.15) is 12.0 Å². The molecular formula is C25H28N2O4. The number of nitrogens with zero attached hydrogens (tertiary/aromatic N) is 1. The van der Waals surface area contributed by atoms with E-state index in [0.29, 0.717) is 30.9 Å². The Morgan fingerprint density at radius 1 is 0.871 bits per heavy atom. The standard InChI is InChI=1S/C25H28N2O4/c1-27(18-19-13-14-21(29-2)17-24(19)30-3)16-15-25(28)26-22-11-7-8-12-23(22)31-20-9-5-4-6-10-20/h4-14,17H,15-16,18H2,1-3H3,(H,26,28). The minimum atomic E-state index is -0.0716. The van der Waals surface area contributed by atoms with Gasteiger partial charge < -0.3 is 24.4 Å². The van der Waals surface area contributed by atoms with E-state index in [0.717, 1.165) is 22.8 Å². The van der Waals surface area contributed by atoms with E-state index in [1.807, 2.05) is 79.8 Å². The highest BCUT2D eigenvalue weighted by molar-refractivity contribution is 5.92. The minimum absolute atomic E-state index is 0.0716. The molecule has 0 aliphatic rings. The van der Waals surface area contributed by atoms with Gasteiger partial charge >= 0.3 is 0 Å². The Labute approximate surface area is 183 Å². The van der Waals surface area contributed by atoms with Gasteiger partial charge in [-0.1, -0.05) is 36.4 Å². The molecular weight excluding hydrogens is 392 g/mol. The first-order valence-electron chi connectivity index (χ1n) is 10.1. The number of amides is 1. The first-order chi connectivity index (χ1) is 15.1. The van der Waals surface area contributed by atoms with Crippen LogP contribution >= 0.6 is 0 Å². The lowest BCUT2D eigenvalue weighted by Crippen LogP contribution is -2.24. The number of carbonyl (C=O) groups is 1. The SMILES string of the molecule is COc1ccc(CN(C)CCC(=O)Nc2ccccc2Oc2ccccc2)c(OC)c1. The van der Waals surface area contributed by atoms with Gasteiger partial charge in [-0.25, -0.2) is 0 Å². The highest BCUT2D eigenvalue weighted by Crippen LogP contribution is 2.29. The molecule has 0 radical (unpaired) electrons. The minimum Gasteiger partial charge on any atom is -0.497 e. The van der Waals surface area contributed by atoms with Crippen LogP contribution in [0, 0.1) is 0 Å². The third-order valence-corrected chi connectivity index (χ3v) is 4.79. The summed E-state index contributed by atoms with van der Waals surface area (Å²) in [6.07, 6.45) is 0.356. The van der Waals surface area contributed by atoms with Gasteiger partial charge in [-0.2, -0.15) is 0 Å². The lowest BCUT2D eigenvalue weighted by molar-refractivity contribution is -0.116. The molecule has 0 saturated carbocycles. The number of hydrogen-bond acceptors (Lipinski definition) is 5. The lowest BCUT2D eigenvalue weighted by atomic mass is 10.1. The van der Waals surface area contributed by atoms with Crippen molar-refractivity contribution in [1.29, 1.82) is 0 Å². The number of ether oxygens (including phenoxy) is 3. The smallest absolute Gasteiger partial charge is 0.225 e. The summed E-state index contributed by atoms with van der Waals surface area (Å²) in [6.45, 7) is 1.26. The van der Waals surface area contributed by atoms with Crippen LogP contribution in [-0.2, 0) is 11.3 Å². The summed E-state index contributed by atoms with van der Waals surface area (Å²) < 4.78 is 16.6. The normalized spacial score (nSPS) is 10.6. The van der Waals surface area contributed by atoms with Gasteiger partial charge in [0.1, 0.15) is 17.2 Å². The number of rotatable bonds is 10. The fourth-order valence-corrected chi connectivity index (χ4v) is 3.13. The number of methoxy groups -OCH3 is 2. The molecule has 0 heterocycles. The van der Waals surface area contributed by atoms with Gasteiger partial charge in [0.15, 0.2) is 5.75 Å². The molecule has 3 aromatic rings. The number of nitrogens with one attached hydrogen (secondary N) is 1. The van der Waals surface area contributed by atoms with Crippen molar-refractivity contribution in [1.82, 2.24) is 4.90 Å². The van der Waals surface area contributed by atoms with Crippen molar-refractivity contribution >= 4 is 11.6 Å². The highest BCUT2D eigenvalue weighted by Gasteiger charge is 2.12. The van der Waals surface area contributed by atoms with Gasteiger partial charge in [0.25, 0.3) is 0 Å². The van der Waals surface area contributed by atoms with E-state index in [9.17, 15) is 4.79 Å². The topological polar surface area (TPSA) is 60.0 Å². The molecule has 1 N–H and O–H groups in total. The van der Waals surface area contributed by atoms with Crippen LogP contribution in [0.15, 0.2) is 72.8 Å². The molecule has 31 heavy (non-hydrogen) atoms. The average molecular weight is 421 g/mol. The Morgan fingerprint density at radius 2 is 1.61 bits per heavy atom. The van der Waals surface area contributed by atoms with E-state index in [2.05, 4.69) is 10.2 Å². The Kier molecular flexibility index (Phi) is 7.90. The Bertz CT molecular complexity index is 992. The average Bonchev–Trinajstić information content (AvgIpc) is 2.80. The molecule has 3 aromatic carbocycles. The van der Waals surface area contributed by atoms with Crippen LogP contribution in [0.4, 0.5) is 5.69 Å². The molecule has 0 unspecified atom stereocenters. The van der Waals surface area contributed by atoms with E-state index in [4.69, 9.17) is 14.2 Å². The van der Waals surface area contributed by atoms with Crippen LogP contribution in [0.25, 0.3) is 0 Å². The largest absolute Gasteiger partial charge is 0.497 e. The van der Waals surface area contributed by atoms with Crippen molar-refractivity contribution in [3.63, 3.8) is 0 Å². The van der Waals surface area contributed by atoms with E-state index in [1.165, 1.54) is 0 Å². The molecule has 0 spiro atoms. The van der Waals surface area contributed by atoms with E-state index < -0.39 is 0 Å². The van der Waals surface area contributed by atoms with Crippen molar-refractivity contribution in [3.8, 4) is 23.0 Å². The van der Waals surface area contributed by atoms with Gasteiger partial charge in [0, 0.05) is 31.1 Å². The molecule has 0 fully saturated rings. The van der Waals surface area contributed by atoms with Gasteiger partial charge in [-0.3, -0.25) is 4.79 Å². The van der Waals surface area contributed by atoms with Crippen molar-refractivity contribution in [2.75, 3.05) is 33.1 Å². The molecule has 0 bridgehead atoms. The zero-order chi connectivity index (χ0) is 22.1. The summed E-state index contributed by atoms with van der Waals surface area (Å²) in [5.41, 5.74) is 1.68. The molecule has 0 saturated heterocycles. The Balaban J connectivity index is 1.55. The van der Waals surface area contributed by atoms with Crippen molar-refractivity contribution in [2.45, 2.75) is 13.0 Å². The zero-order valence-corrected chi connectivity index (χ0v) is 18.1. The molecule has 162 valence electrons. The summed E-state index contributed by atoms with van der Waals surface area (Å²) in [4.78, 5) is 14.6. The first kappa shape index (κ1) is 22.2. The molecule has 1 amide bonds. The molecule has 3 rings (SSSR count). The maximum Gasteiger partial charge on any atom is 0.225 e. The second-order valence-corrected chi connectivity index (χ2v) is 7.13.